The van der Waals surface area contributed by atoms with E-state index in [9.17, 15) is 14.4 Å². The number of β-lactam (4-membered cyclic amide) rings is 1. The molecule has 1 saturated carbocycles. The van der Waals surface area contributed by atoms with Crippen molar-refractivity contribution in [3.63, 3.8) is 0 Å². The highest BCUT2D eigenvalue weighted by molar-refractivity contribution is 6.05. The standard InChI is InChI=1S/C13H20N2O4/c1-8(9-5-3-2-4-6-9)14-13(19)15-10(12(17)18)7-11(15)16/h8-10H,2-7H2,1H3,(H,14,19)(H,17,18)/t8?,10-/m0/s1. The lowest BCUT2D eigenvalue weighted by atomic mass is 9.84. The molecule has 2 aliphatic rings. The number of rotatable bonds is 3. The van der Waals surface area contributed by atoms with Gasteiger partial charge >= 0.3 is 12.0 Å². The number of imide groups is 1. The molecule has 0 aromatic carbocycles. The summed E-state index contributed by atoms with van der Waals surface area (Å²) in [5.74, 6) is -1.11. The zero-order valence-corrected chi connectivity index (χ0v) is 11.1. The van der Waals surface area contributed by atoms with Crippen LogP contribution in [0.5, 0.6) is 0 Å². The van der Waals surface area contributed by atoms with E-state index < -0.39 is 23.9 Å². The van der Waals surface area contributed by atoms with Crippen molar-refractivity contribution in [2.45, 2.75) is 57.5 Å². The van der Waals surface area contributed by atoms with Crippen LogP contribution in [0.15, 0.2) is 0 Å². The van der Waals surface area contributed by atoms with E-state index in [2.05, 4.69) is 5.32 Å². The topological polar surface area (TPSA) is 86.7 Å². The molecule has 19 heavy (non-hydrogen) atoms. The van der Waals surface area contributed by atoms with Gasteiger partial charge in [0.15, 0.2) is 0 Å². The molecule has 0 bridgehead atoms. The minimum atomic E-state index is -1.12. The van der Waals surface area contributed by atoms with E-state index in [-0.39, 0.29) is 12.5 Å². The van der Waals surface area contributed by atoms with Crippen LogP contribution in [-0.2, 0) is 9.59 Å². The van der Waals surface area contributed by atoms with Gasteiger partial charge in [0, 0.05) is 6.04 Å². The van der Waals surface area contributed by atoms with Crippen molar-refractivity contribution in [3.8, 4) is 0 Å². The number of hydrogen-bond acceptors (Lipinski definition) is 3. The zero-order chi connectivity index (χ0) is 14.0. The van der Waals surface area contributed by atoms with Crippen molar-refractivity contribution in [1.29, 1.82) is 0 Å². The summed E-state index contributed by atoms with van der Waals surface area (Å²) in [6.07, 6.45) is 5.66. The van der Waals surface area contributed by atoms with Crippen LogP contribution in [0.4, 0.5) is 4.79 Å². The second kappa shape index (κ2) is 5.59. The Morgan fingerprint density at radius 3 is 2.47 bits per heavy atom. The summed E-state index contributed by atoms with van der Waals surface area (Å²) in [6, 6.07) is -1.58. The first-order chi connectivity index (χ1) is 9.00. The van der Waals surface area contributed by atoms with E-state index in [0.717, 1.165) is 17.7 Å². The fourth-order valence-electron chi connectivity index (χ4n) is 2.89. The minimum Gasteiger partial charge on any atom is -0.480 e. The van der Waals surface area contributed by atoms with Crippen molar-refractivity contribution in [2.75, 3.05) is 0 Å². The highest BCUT2D eigenvalue weighted by atomic mass is 16.4. The zero-order valence-electron chi connectivity index (χ0n) is 11.1. The van der Waals surface area contributed by atoms with Crippen molar-refractivity contribution in [3.05, 3.63) is 0 Å². The van der Waals surface area contributed by atoms with Gasteiger partial charge in [0.1, 0.15) is 6.04 Å². The molecule has 2 fully saturated rings. The quantitative estimate of drug-likeness (QED) is 0.756. The molecular formula is C13H20N2O4. The molecule has 0 radical (unpaired) electrons. The molecule has 6 heteroatoms. The second-order valence-electron chi connectivity index (χ2n) is 5.46. The summed E-state index contributed by atoms with van der Waals surface area (Å²) in [6.45, 7) is 1.92. The van der Waals surface area contributed by atoms with E-state index in [1.54, 1.807) is 0 Å². The van der Waals surface area contributed by atoms with Gasteiger partial charge in [-0.05, 0) is 25.7 Å². The highest BCUT2D eigenvalue weighted by Gasteiger charge is 2.46. The molecule has 2 rings (SSSR count). The number of hydrogen-bond donors (Lipinski definition) is 2. The number of urea groups is 1. The SMILES string of the molecule is CC(NC(=O)N1C(=O)C[C@H]1C(=O)O)C1CCCCC1. The smallest absolute Gasteiger partial charge is 0.327 e. The van der Waals surface area contributed by atoms with Gasteiger partial charge in [0.05, 0.1) is 6.42 Å². The van der Waals surface area contributed by atoms with Crippen molar-refractivity contribution in [2.24, 2.45) is 5.92 Å². The first kappa shape index (κ1) is 13.8. The summed E-state index contributed by atoms with van der Waals surface area (Å²) in [5.41, 5.74) is 0. The van der Waals surface area contributed by atoms with Crippen LogP contribution in [-0.4, -0.2) is 40.0 Å². The number of carbonyl (C=O) groups excluding carboxylic acids is 2. The summed E-state index contributed by atoms with van der Waals surface area (Å²) in [7, 11) is 0. The fraction of sp³-hybridized carbons (Fsp3) is 0.769. The van der Waals surface area contributed by atoms with E-state index in [0.29, 0.717) is 5.92 Å². The molecule has 1 unspecified atom stereocenters. The lowest BCUT2D eigenvalue weighted by molar-refractivity contribution is -0.157. The molecule has 1 aliphatic heterocycles. The van der Waals surface area contributed by atoms with Crippen LogP contribution in [0.2, 0.25) is 0 Å². The number of nitrogens with zero attached hydrogens (tertiary/aromatic N) is 1. The van der Waals surface area contributed by atoms with Crippen LogP contribution in [0, 0.1) is 5.92 Å². The van der Waals surface area contributed by atoms with Gasteiger partial charge in [-0.1, -0.05) is 19.3 Å². The van der Waals surface area contributed by atoms with Gasteiger partial charge in [0.2, 0.25) is 5.91 Å². The third-order valence-corrected chi connectivity index (χ3v) is 4.16. The molecule has 2 atom stereocenters. The molecule has 3 amide bonds. The molecule has 1 aliphatic carbocycles. The van der Waals surface area contributed by atoms with Gasteiger partial charge in [0.25, 0.3) is 0 Å². The fourth-order valence-corrected chi connectivity index (χ4v) is 2.89. The molecular weight excluding hydrogens is 248 g/mol. The lowest BCUT2D eigenvalue weighted by Gasteiger charge is -2.37. The van der Waals surface area contributed by atoms with E-state index in [1.165, 1.54) is 19.3 Å². The lowest BCUT2D eigenvalue weighted by Crippen LogP contribution is -2.63. The molecule has 106 valence electrons. The Morgan fingerprint density at radius 1 is 1.32 bits per heavy atom. The number of nitrogens with one attached hydrogen (secondary N) is 1. The summed E-state index contributed by atoms with van der Waals surface area (Å²) < 4.78 is 0. The van der Waals surface area contributed by atoms with E-state index >= 15 is 0 Å². The van der Waals surface area contributed by atoms with Crippen LogP contribution in [0.25, 0.3) is 0 Å². The van der Waals surface area contributed by atoms with E-state index in [1.807, 2.05) is 6.92 Å². The number of carbonyl (C=O) groups is 3. The van der Waals surface area contributed by atoms with Gasteiger partial charge < -0.3 is 10.4 Å². The first-order valence-corrected chi connectivity index (χ1v) is 6.86. The maximum absolute atomic E-state index is 11.9. The van der Waals surface area contributed by atoms with E-state index in [4.69, 9.17) is 5.11 Å². The molecule has 0 spiro atoms. The summed E-state index contributed by atoms with van der Waals surface area (Å²) in [5, 5.41) is 11.6. The number of carboxylic acids is 1. The van der Waals surface area contributed by atoms with Gasteiger partial charge in [-0.15, -0.1) is 0 Å². The van der Waals surface area contributed by atoms with Crippen molar-refractivity contribution >= 4 is 17.9 Å². The monoisotopic (exact) mass is 268 g/mol. The molecule has 2 N–H and O–H groups in total. The van der Waals surface area contributed by atoms with Crippen LogP contribution < -0.4 is 5.32 Å². The number of likely N-dealkylation sites (tertiary alicyclic amines) is 1. The Hall–Kier alpha value is -1.59. The normalized spacial score (nSPS) is 25.6. The average Bonchev–Trinajstić information content (AvgIpc) is 2.36. The Bertz CT molecular complexity index is 390. The van der Waals surface area contributed by atoms with Gasteiger partial charge in [-0.25, -0.2) is 14.5 Å². The second-order valence-corrected chi connectivity index (χ2v) is 5.46. The number of carboxylic acid groups (broad SMARTS) is 1. The van der Waals surface area contributed by atoms with Crippen LogP contribution in [0.3, 0.4) is 0 Å². The van der Waals surface area contributed by atoms with Gasteiger partial charge in [-0.3, -0.25) is 4.79 Å². The third kappa shape index (κ3) is 2.88. The molecule has 0 aromatic heterocycles. The highest BCUT2D eigenvalue weighted by Crippen LogP contribution is 2.27. The molecule has 1 saturated heterocycles. The third-order valence-electron chi connectivity index (χ3n) is 4.16. The largest absolute Gasteiger partial charge is 0.480 e. The molecule has 6 nitrogen and oxygen atoms in total. The predicted molar refractivity (Wildman–Crippen MR) is 67.5 cm³/mol. The summed E-state index contributed by atoms with van der Waals surface area (Å²) >= 11 is 0. The van der Waals surface area contributed by atoms with Crippen LogP contribution in [0.1, 0.15) is 45.4 Å². The first-order valence-electron chi connectivity index (χ1n) is 6.86. The van der Waals surface area contributed by atoms with Crippen molar-refractivity contribution < 1.29 is 19.5 Å². The Balaban J connectivity index is 1.89. The number of amides is 3. The molecule has 0 aromatic rings. The number of aliphatic carboxylic acids is 1. The molecule has 1 heterocycles. The minimum absolute atomic E-state index is 0.0179. The predicted octanol–water partition coefficient (Wildman–Crippen LogP) is 1.35. The average molecular weight is 268 g/mol. The van der Waals surface area contributed by atoms with Gasteiger partial charge in [-0.2, -0.15) is 0 Å². The Labute approximate surface area is 112 Å². The van der Waals surface area contributed by atoms with Crippen LogP contribution >= 0.6 is 0 Å². The maximum atomic E-state index is 11.9. The Kier molecular flexibility index (Phi) is 4.07. The Morgan fingerprint density at radius 2 is 1.95 bits per heavy atom. The van der Waals surface area contributed by atoms with Crippen molar-refractivity contribution in [1.82, 2.24) is 10.2 Å². The maximum Gasteiger partial charge on any atom is 0.327 e. The summed E-state index contributed by atoms with van der Waals surface area (Å²) in [4.78, 5) is 35.0.